The summed E-state index contributed by atoms with van der Waals surface area (Å²) in [5.41, 5.74) is 2.17. The van der Waals surface area contributed by atoms with Crippen LogP contribution in [0, 0.1) is 5.92 Å². The molecule has 1 aliphatic heterocycles. The van der Waals surface area contributed by atoms with E-state index in [2.05, 4.69) is 29.5 Å². The molecule has 0 unspecified atom stereocenters. The lowest BCUT2D eigenvalue weighted by atomic mass is 9.94. The highest BCUT2D eigenvalue weighted by molar-refractivity contribution is 5.27. The Morgan fingerprint density at radius 2 is 2.12 bits per heavy atom. The van der Waals surface area contributed by atoms with Crippen LogP contribution in [-0.2, 0) is 4.74 Å². The van der Waals surface area contributed by atoms with E-state index in [0.717, 1.165) is 31.9 Å². The van der Waals surface area contributed by atoms with Crippen LogP contribution in [-0.4, -0.2) is 45.3 Å². The van der Waals surface area contributed by atoms with Crippen LogP contribution < -0.4 is 5.32 Å². The van der Waals surface area contributed by atoms with Crippen LogP contribution in [0.2, 0.25) is 0 Å². The average molecular weight is 222 g/mol. The van der Waals surface area contributed by atoms with Crippen LogP contribution in [0.4, 0.5) is 0 Å². The summed E-state index contributed by atoms with van der Waals surface area (Å²) in [4.78, 5) is 2.08. The Morgan fingerprint density at radius 1 is 1.44 bits per heavy atom. The lowest BCUT2D eigenvalue weighted by Crippen LogP contribution is -2.42. The van der Waals surface area contributed by atoms with Crippen LogP contribution in [0.5, 0.6) is 0 Å². The Balaban J connectivity index is 2.31. The number of hydrogen-bond acceptors (Lipinski definition) is 3. The molecular formula is C13H22N2O. The molecule has 1 rings (SSSR count). The predicted octanol–water partition coefficient (Wildman–Crippen LogP) is 1.41. The van der Waals surface area contributed by atoms with E-state index in [4.69, 9.17) is 4.74 Å². The highest BCUT2D eigenvalue weighted by Crippen LogP contribution is 2.15. The number of allylic oxidation sites excluding steroid dienone is 2. The van der Waals surface area contributed by atoms with Gasteiger partial charge in [0.05, 0.1) is 6.61 Å². The normalized spacial score (nSPS) is 16.1. The minimum Gasteiger partial charge on any atom is -0.383 e. The number of hydrogen-bond donors (Lipinski definition) is 1. The fraction of sp³-hybridized carbons (Fsp3) is 0.538. The first kappa shape index (κ1) is 13.0. The fourth-order valence-corrected chi connectivity index (χ4v) is 1.39. The molecule has 0 aromatic carbocycles. The molecule has 0 aromatic heterocycles. The fourth-order valence-electron chi connectivity index (χ4n) is 1.39. The molecule has 0 aromatic rings. The van der Waals surface area contributed by atoms with Crippen molar-refractivity contribution in [2.24, 2.45) is 5.92 Å². The van der Waals surface area contributed by atoms with Crippen molar-refractivity contribution >= 4 is 0 Å². The molecule has 0 saturated carbocycles. The van der Waals surface area contributed by atoms with Gasteiger partial charge >= 0.3 is 0 Å². The van der Waals surface area contributed by atoms with Gasteiger partial charge in [-0.2, -0.15) is 0 Å². The maximum absolute atomic E-state index is 5.02. The summed E-state index contributed by atoms with van der Waals surface area (Å²) in [7, 11) is 3.72. The molecule has 0 aliphatic carbocycles. The second-order valence-corrected chi connectivity index (χ2v) is 4.17. The number of rotatable bonds is 7. The smallest absolute Gasteiger partial charge is 0.0637 e. The van der Waals surface area contributed by atoms with Gasteiger partial charge in [-0.1, -0.05) is 19.2 Å². The second-order valence-electron chi connectivity index (χ2n) is 4.17. The van der Waals surface area contributed by atoms with Gasteiger partial charge in [0, 0.05) is 45.4 Å². The monoisotopic (exact) mass is 222 g/mol. The number of methoxy groups -OCH3 is 1. The minimum absolute atomic E-state index is 0.605. The molecular weight excluding hydrogens is 200 g/mol. The van der Waals surface area contributed by atoms with Crippen LogP contribution in [0.25, 0.3) is 0 Å². The summed E-state index contributed by atoms with van der Waals surface area (Å²) >= 11 is 0. The first-order chi connectivity index (χ1) is 7.65. The van der Waals surface area contributed by atoms with E-state index in [0.29, 0.717) is 5.92 Å². The summed E-state index contributed by atoms with van der Waals surface area (Å²) in [6.45, 7) is 11.7. The van der Waals surface area contributed by atoms with Gasteiger partial charge < -0.3 is 15.0 Å². The van der Waals surface area contributed by atoms with Crippen LogP contribution in [0.3, 0.4) is 0 Å². The lowest BCUT2D eigenvalue weighted by molar-refractivity contribution is 0.175. The van der Waals surface area contributed by atoms with Crippen molar-refractivity contribution in [1.82, 2.24) is 10.2 Å². The van der Waals surface area contributed by atoms with Crippen molar-refractivity contribution in [3.8, 4) is 0 Å². The zero-order valence-electron chi connectivity index (χ0n) is 10.3. The van der Waals surface area contributed by atoms with Gasteiger partial charge in [0.25, 0.3) is 0 Å². The van der Waals surface area contributed by atoms with Crippen LogP contribution in [0.15, 0.2) is 36.6 Å². The molecule has 1 aliphatic rings. The van der Waals surface area contributed by atoms with E-state index in [1.54, 1.807) is 7.11 Å². The standard InChI is InChI=1S/C13H22N2O/c1-11(13-9-14-10-13)5-6-12(2)15(3)7-8-16-4/h5-6,13-14H,1-2,7-10H2,3-4H3/b6-5-. The maximum atomic E-state index is 5.02. The summed E-state index contributed by atoms with van der Waals surface area (Å²) in [6.07, 6.45) is 4.09. The van der Waals surface area contributed by atoms with E-state index >= 15 is 0 Å². The molecule has 16 heavy (non-hydrogen) atoms. The van der Waals surface area contributed by atoms with Crippen molar-refractivity contribution in [2.45, 2.75) is 0 Å². The summed E-state index contributed by atoms with van der Waals surface area (Å²) in [5.74, 6) is 0.605. The molecule has 90 valence electrons. The molecule has 1 heterocycles. The third-order valence-electron chi connectivity index (χ3n) is 2.92. The zero-order chi connectivity index (χ0) is 12.0. The number of ether oxygens (including phenoxy) is 1. The van der Waals surface area contributed by atoms with Crippen molar-refractivity contribution < 1.29 is 4.74 Å². The molecule has 3 nitrogen and oxygen atoms in total. The molecule has 3 heteroatoms. The lowest BCUT2D eigenvalue weighted by Gasteiger charge is -2.27. The minimum atomic E-state index is 0.605. The molecule has 0 radical (unpaired) electrons. The van der Waals surface area contributed by atoms with Crippen LogP contribution >= 0.6 is 0 Å². The van der Waals surface area contributed by atoms with Gasteiger partial charge in [-0.25, -0.2) is 0 Å². The third-order valence-corrected chi connectivity index (χ3v) is 2.92. The first-order valence-corrected chi connectivity index (χ1v) is 5.61. The van der Waals surface area contributed by atoms with Gasteiger partial charge in [-0.15, -0.1) is 0 Å². The van der Waals surface area contributed by atoms with Crippen molar-refractivity contribution in [2.75, 3.05) is 40.4 Å². The SMILES string of the molecule is C=C(/C=C\C(=C)N(C)CCOC)C1CNC1. The topological polar surface area (TPSA) is 24.5 Å². The molecule has 0 amide bonds. The Kier molecular flexibility index (Phi) is 5.29. The van der Waals surface area contributed by atoms with Gasteiger partial charge in [-0.05, 0) is 11.6 Å². The highest BCUT2D eigenvalue weighted by Gasteiger charge is 2.17. The molecule has 1 N–H and O–H groups in total. The largest absolute Gasteiger partial charge is 0.383 e. The van der Waals surface area contributed by atoms with E-state index in [1.165, 1.54) is 5.57 Å². The molecule has 0 bridgehead atoms. The van der Waals surface area contributed by atoms with E-state index in [9.17, 15) is 0 Å². The van der Waals surface area contributed by atoms with Gasteiger partial charge in [0.15, 0.2) is 0 Å². The third kappa shape index (κ3) is 3.83. The molecule has 0 atom stereocenters. The molecule has 1 saturated heterocycles. The Bertz CT molecular complexity index is 280. The second kappa shape index (κ2) is 6.51. The predicted molar refractivity (Wildman–Crippen MR) is 68.3 cm³/mol. The van der Waals surface area contributed by atoms with Gasteiger partial charge in [-0.3, -0.25) is 0 Å². The quantitative estimate of drug-likeness (QED) is 0.659. The number of nitrogens with one attached hydrogen (secondary N) is 1. The number of likely N-dealkylation sites (N-methyl/N-ethyl adjacent to an activating group) is 1. The zero-order valence-corrected chi connectivity index (χ0v) is 10.3. The van der Waals surface area contributed by atoms with Gasteiger partial charge in [0.2, 0.25) is 0 Å². The Morgan fingerprint density at radius 3 is 2.62 bits per heavy atom. The van der Waals surface area contributed by atoms with Crippen molar-refractivity contribution in [3.05, 3.63) is 36.6 Å². The summed E-state index contributed by atoms with van der Waals surface area (Å²) in [5, 5.41) is 3.24. The van der Waals surface area contributed by atoms with Gasteiger partial charge in [0.1, 0.15) is 0 Å². The van der Waals surface area contributed by atoms with E-state index in [-0.39, 0.29) is 0 Å². The maximum Gasteiger partial charge on any atom is 0.0637 e. The average Bonchev–Trinajstić information content (AvgIpc) is 2.19. The van der Waals surface area contributed by atoms with Crippen LogP contribution in [0.1, 0.15) is 0 Å². The van der Waals surface area contributed by atoms with E-state index < -0.39 is 0 Å². The summed E-state index contributed by atoms with van der Waals surface area (Å²) in [6, 6.07) is 0. The van der Waals surface area contributed by atoms with Crippen molar-refractivity contribution in [1.29, 1.82) is 0 Å². The summed E-state index contributed by atoms with van der Waals surface area (Å²) < 4.78 is 5.02. The Labute approximate surface area is 98.5 Å². The molecule has 1 fully saturated rings. The highest BCUT2D eigenvalue weighted by atomic mass is 16.5. The Hall–Kier alpha value is -1.06. The first-order valence-electron chi connectivity index (χ1n) is 5.61. The van der Waals surface area contributed by atoms with Crippen molar-refractivity contribution in [3.63, 3.8) is 0 Å². The van der Waals surface area contributed by atoms with E-state index in [1.807, 2.05) is 13.1 Å². The number of nitrogens with zero attached hydrogens (tertiary/aromatic N) is 1. The molecule has 0 spiro atoms.